The first-order chi connectivity index (χ1) is 8.47. The summed E-state index contributed by atoms with van der Waals surface area (Å²) in [6.07, 6.45) is -0.545. The average molecular weight is 258 g/mol. The number of amides is 1. The Morgan fingerprint density at radius 3 is 2.89 bits per heavy atom. The minimum Gasteiger partial charge on any atom is -0.480 e. The Labute approximate surface area is 103 Å². The largest absolute Gasteiger partial charge is 0.480 e. The Morgan fingerprint density at radius 2 is 2.33 bits per heavy atom. The summed E-state index contributed by atoms with van der Waals surface area (Å²) in [5.74, 6) is -1.91. The first-order valence-electron chi connectivity index (χ1n) is 5.56. The van der Waals surface area contributed by atoms with E-state index in [9.17, 15) is 14.4 Å². The second-order valence-corrected chi connectivity index (χ2v) is 4.29. The summed E-state index contributed by atoms with van der Waals surface area (Å²) >= 11 is 0. The highest BCUT2D eigenvalue weighted by Crippen LogP contribution is 2.28. The van der Waals surface area contributed by atoms with Crippen molar-refractivity contribution >= 4 is 17.8 Å². The van der Waals surface area contributed by atoms with Gasteiger partial charge in [-0.2, -0.15) is 0 Å². The number of nitrogens with two attached hydrogens (primary N) is 1. The monoisotopic (exact) mass is 258 g/mol. The van der Waals surface area contributed by atoms with Crippen molar-refractivity contribution < 1.29 is 29.0 Å². The van der Waals surface area contributed by atoms with Gasteiger partial charge < -0.3 is 25.2 Å². The van der Waals surface area contributed by atoms with Gasteiger partial charge in [0.25, 0.3) is 0 Å². The lowest BCUT2D eigenvalue weighted by Crippen LogP contribution is -2.48. The lowest BCUT2D eigenvalue weighted by molar-refractivity contribution is -0.160. The fourth-order valence-electron chi connectivity index (χ4n) is 1.85. The fraction of sp³-hybridized carbons (Fsp3) is 0.700. The van der Waals surface area contributed by atoms with Crippen LogP contribution < -0.4 is 5.73 Å². The van der Waals surface area contributed by atoms with Crippen LogP contribution in [0.2, 0.25) is 0 Å². The van der Waals surface area contributed by atoms with Crippen LogP contribution in [0.15, 0.2) is 0 Å². The number of esters is 1. The molecule has 2 fully saturated rings. The number of carboxylic acid groups (broad SMARTS) is 1. The van der Waals surface area contributed by atoms with Crippen LogP contribution in [0.4, 0.5) is 0 Å². The maximum Gasteiger partial charge on any atom is 0.321 e. The van der Waals surface area contributed by atoms with Gasteiger partial charge in [-0.1, -0.05) is 0 Å². The maximum absolute atomic E-state index is 11.3. The molecule has 2 heterocycles. The van der Waals surface area contributed by atoms with Crippen molar-refractivity contribution in [1.29, 1.82) is 0 Å². The Bertz CT molecular complexity index is 385. The molecule has 0 bridgehead atoms. The van der Waals surface area contributed by atoms with Crippen LogP contribution in [0.1, 0.15) is 12.8 Å². The lowest BCUT2D eigenvalue weighted by atomic mass is 10.2. The number of β-lactam (4-membered cyclic amide) rings is 1. The molecule has 100 valence electrons. The molecular weight excluding hydrogens is 244 g/mol. The second kappa shape index (κ2) is 4.91. The van der Waals surface area contributed by atoms with Gasteiger partial charge in [0.15, 0.2) is 0 Å². The third kappa shape index (κ3) is 2.59. The summed E-state index contributed by atoms with van der Waals surface area (Å²) in [5, 5.41) is 8.52. The van der Waals surface area contributed by atoms with Crippen LogP contribution in [-0.2, 0) is 23.9 Å². The molecule has 0 radical (unpaired) electrons. The molecule has 0 aromatic carbocycles. The summed E-state index contributed by atoms with van der Waals surface area (Å²) in [7, 11) is 0. The van der Waals surface area contributed by atoms with Gasteiger partial charge in [0, 0.05) is 0 Å². The number of aliphatic carboxylic acids is 1. The van der Waals surface area contributed by atoms with Gasteiger partial charge in [0.05, 0.1) is 19.4 Å². The van der Waals surface area contributed by atoms with Gasteiger partial charge in [-0.3, -0.25) is 14.4 Å². The summed E-state index contributed by atoms with van der Waals surface area (Å²) in [5.41, 5.74) is 5.19. The van der Waals surface area contributed by atoms with Crippen LogP contribution in [0.3, 0.4) is 0 Å². The minimum atomic E-state index is -1.26. The van der Waals surface area contributed by atoms with Crippen molar-refractivity contribution in [2.75, 3.05) is 13.2 Å². The number of fused-ring (bicyclic) bond motifs is 1. The predicted molar refractivity (Wildman–Crippen MR) is 56.2 cm³/mol. The quantitative estimate of drug-likeness (QED) is 0.445. The standard InChI is InChI=1S/C10H14N2O6/c11-6(10(15)16)1-9(14)17-4-5-3-12-7(13)2-8(12)18-5/h5-6,8H,1-4,11H2,(H,15,16). The summed E-state index contributed by atoms with van der Waals surface area (Å²) in [6, 6.07) is -1.26. The third-order valence-electron chi connectivity index (χ3n) is 2.90. The van der Waals surface area contributed by atoms with E-state index in [0.717, 1.165) is 0 Å². The number of hydrogen-bond donors (Lipinski definition) is 2. The number of carboxylic acids is 1. The molecular formula is C10H14N2O6. The molecule has 1 amide bonds. The van der Waals surface area contributed by atoms with E-state index in [0.29, 0.717) is 13.0 Å². The van der Waals surface area contributed by atoms with Crippen molar-refractivity contribution in [3.8, 4) is 0 Å². The zero-order chi connectivity index (χ0) is 13.3. The van der Waals surface area contributed by atoms with E-state index < -0.39 is 18.0 Å². The highest BCUT2D eigenvalue weighted by atomic mass is 16.6. The Balaban J connectivity index is 1.68. The van der Waals surface area contributed by atoms with E-state index >= 15 is 0 Å². The molecule has 3 unspecified atom stereocenters. The maximum atomic E-state index is 11.3. The van der Waals surface area contributed by atoms with Crippen molar-refractivity contribution in [3.05, 3.63) is 0 Å². The zero-order valence-corrected chi connectivity index (χ0v) is 9.57. The number of nitrogens with zero attached hydrogens (tertiary/aromatic N) is 1. The van der Waals surface area contributed by atoms with Gasteiger partial charge >= 0.3 is 11.9 Å². The van der Waals surface area contributed by atoms with Crippen molar-refractivity contribution in [2.45, 2.75) is 31.2 Å². The van der Waals surface area contributed by atoms with Gasteiger partial charge in [0.2, 0.25) is 5.91 Å². The highest BCUT2D eigenvalue weighted by molar-refractivity contribution is 5.83. The fourth-order valence-corrected chi connectivity index (χ4v) is 1.85. The van der Waals surface area contributed by atoms with E-state index in [1.807, 2.05) is 0 Å². The predicted octanol–water partition coefficient (Wildman–Crippen LogP) is -1.71. The first-order valence-corrected chi connectivity index (χ1v) is 5.56. The van der Waals surface area contributed by atoms with Crippen molar-refractivity contribution in [3.63, 3.8) is 0 Å². The smallest absolute Gasteiger partial charge is 0.321 e. The molecule has 18 heavy (non-hydrogen) atoms. The zero-order valence-electron chi connectivity index (χ0n) is 9.57. The molecule has 2 rings (SSSR count). The Kier molecular flexibility index (Phi) is 3.48. The highest BCUT2D eigenvalue weighted by Gasteiger charge is 2.45. The minimum absolute atomic E-state index is 0.00541. The van der Waals surface area contributed by atoms with E-state index in [2.05, 4.69) is 0 Å². The van der Waals surface area contributed by atoms with Gasteiger partial charge in [-0.15, -0.1) is 0 Å². The van der Waals surface area contributed by atoms with Crippen molar-refractivity contribution in [1.82, 2.24) is 4.90 Å². The molecule has 0 aromatic rings. The number of hydrogen-bond acceptors (Lipinski definition) is 6. The molecule has 8 heteroatoms. The summed E-state index contributed by atoms with van der Waals surface area (Å²) < 4.78 is 10.3. The molecule has 2 aliphatic rings. The SMILES string of the molecule is NC(CC(=O)OCC1CN2C(=O)CC2O1)C(=O)O. The number of carbonyl (C=O) groups excluding carboxylic acids is 2. The van der Waals surface area contributed by atoms with Gasteiger partial charge in [0.1, 0.15) is 25.0 Å². The molecule has 0 aliphatic carbocycles. The Morgan fingerprint density at radius 1 is 1.61 bits per heavy atom. The van der Waals surface area contributed by atoms with E-state index in [-0.39, 0.29) is 31.3 Å². The average Bonchev–Trinajstić information content (AvgIpc) is 2.63. The van der Waals surface area contributed by atoms with Gasteiger partial charge in [-0.05, 0) is 0 Å². The van der Waals surface area contributed by atoms with Gasteiger partial charge in [-0.25, -0.2) is 0 Å². The normalized spacial score (nSPS) is 27.4. The van der Waals surface area contributed by atoms with Crippen LogP contribution in [0.5, 0.6) is 0 Å². The third-order valence-corrected chi connectivity index (χ3v) is 2.90. The van der Waals surface area contributed by atoms with Crippen LogP contribution in [0, 0.1) is 0 Å². The molecule has 3 atom stereocenters. The molecule has 0 aromatic heterocycles. The summed E-state index contributed by atoms with van der Waals surface area (Å²) in [4.78, 5) is 34.3. The van der Waals surface area contributed by atoms with Crippen LogP contribution in [-0.4, -0.2) is 59.4 Å². The topological polar surface area (TPSA) is 119 Å². The summed E-state index contributed by atoms with van der Waals surface area (Å²) in [6.45, 7) is 0.410. The second-order valence-electron chi connectivity index (χ2n) is 4.29. The van der Waals surface area contributed by atoms with E-state index in [1.54, 1.807) is 4.90 Å². The lowest BCUT2D eigenvalue weighted by Gasteiger charge is -2.31. The number of rotatable bonds is 5. The van der Waals surface area contributed by atoms with E-state index in [4.69, 9.17) is 20.3 Å². The molecule has 0 spiro atoms. The molecule has 2 aliphatic heterocycles. The molecule has 8 nitrogen and oxygen atoms in total. The van der Waals surface area contributed by atoms with Crippen LogP contribution in [0.25, 0.3) is 0 Å². The van der Waals surface area contributed by atoms with Crippen LogP contribution >= 0.6 is 0 Å². The molecule has 0 saturated carbocycles. The Hall–Kier alpha value is -1.67. The van der Waals surface area contributed by atoms with Crippen molar-refractivity contribution in [2.24, 2.45) is 5.73 Å². The number of ether oxygens (including phenoxy) is 2. The van der Waals surface area contributed by atoms with E-state index in [1.165, 1.54) is 0 Å². The molecule has 2 saturated heterocycles. The molecule has 3 N–H and O–H groups in total. The number of carbonyl (C=O) groups is 3. The first kappa shape index (κ1) is 12.8.